The average molecular weight is 551 g/mol. The summed E-state index contributed by atoms with van der Waals surface area (Å²) in [5.41, 5.74) is 0.605. The second-order valence-electron chi connectivity index (χ2n) is 8.31. The van der Waals surface area contributed by atoms with Crippen molar-refractivity contribution in [3.8, 4) is 5.75 Å². The number of ketones is 1. The van der Waals surface area contributed by atoms with E-state index in [1.165, 1.54) is 34.6 Å². The molecule has 2 aliphatic heterocycles. The Morgan fingerprint density at radius 3 is 2.62 bits per heavy atom. The highest BCUT2D eigenvalue weighted by molar-refractivity contribution is 9.10. The number of hydrogen-bond acceptors (Lipinski definition) is 7. The lowest BCUT2D eigenvalue weighted by Crippen LogP contribution is -2.37. The molecule has 2 heterocycles. The number of fused-ring (bicyclic) bond motifs is 1. The number of nitrogens with zero attached hydrogens (tertiary/aromatic N) is 1. The van der Waals surface area contributed by atoms with Gasteiger partial charge in [0.15, 0.2) is 19.0 Å². The molecule has 0 spiro atoms. The van der Waals surface area contributed by atoms with Crippen LogP contribution in [0.4, 0.5) is 5.69 Å². The molecular weight excluding hydrogens is 528 g/mol. The van der Waals surface area contributed by atoms with Crippen LogP contribution in [0.1, 0.15) is 40.5 Å². The number of Topliss-reactive ketones (excluding diaryl/α,β-unsaturated/α-hetero) is 1. The number of anilines is 1. The molecule has 0 aliphatic carbocycles. The van der Waals surface area contributed by atoms with Crippen LogP contribution >= 0.6 is 15.9 Å². The van der Waals surface area contributed by atoms with E-state index in [4.69, 9.17) is 9.47 Å². The fraction of sp³-hybridized carbons (Fsp3) is 0.348. The number of ether oxygens (including phenoxy) is 2. The van der Waals surface area contributed by atoms with Crippen LogP contribution in [-0.4, -0.2) is 56.7 Å². The van der Waals surface area contributed by atoms with E-state index in [1.807, 2.05) is 0 Å². The summed E-state index contributed by atoms with van der Waals surface area (Å²) in [4.78, 5) is 36.6. The zero-order valence-electron chi connectivity index (χ0n) is 18.4. The molecule has 0 saturated carbocycles. The highest BCUT2D eigenvalue weighted by Crippen LogP contribution is 2.29. The number of amides is 1. The normalized spacial score (nSPS) is 16.8. The van der Waals surface area contributed by atoms with Crippen LogP contribution < -0.4 is 10.1 Å². The number of sulfonamides is 1. The molecule has 11 heteroatoms. The monoisotopic (exact) mass is 550 g/mol. The maximum atomic E-state index is 13.1. The molecule has 9 nitrogen and oxygen atoms in total. The Bertz CT molecular complexity index is 1250. The molecule has 1 N–H and O–H groups in total. The maximum Gasteiger partial charge on any atom is 0.338 e. The van der Waals surface area contributed by atoms with Crippen molar-refractivity contribution in [2.45, 2.75) is 24.7 Å². The smallest absolute Gasteiger partial charge is 0.338 e. The summed E-state index contributed by atoms with van der Waals surface area (Å²) < 4.78 is 38.4. The van der Waals surface area contributed by atoms with Gasteiger partial charge < -0.3 is 14.8 Å². The maximum absolute atomic E-state index is 13.1. The molecule has 4 rings (SSSR count). The van der Waals surface area contributed by atoms with Gasteiger partial charge in [-0.05, 0) is 55.2 Å². The molecule has 0 unspecified atom stereocenters. The first-order chi connectivity index (χ1) is 16.1. The second-order valence-corrected chi connectivity index (χ2v) is 11.2. The summed E-state index contributed by atoms with van der Waals surface area (Å²) in [5.74, 6) is -0.729. The summed E-state index contributed by atoms with van der Waals surface area (Å²) >= 11 is 3.26. The van der Waals surface area contributed by atoms with Crippen LogP contribution in [-0.2, 0) is 19.6 Å². The zero-order chi connectivity index (χ0) is 24.5. The van der Waals surface area contributed by atoms with E-state index in [9.17, 15) is 22.8 Å². The van der Waals surface area contributed by atoms with Crippen LogP contribution in [0.15, 0.2) is 45.8 Å². The number of piperidine rings is 1. The summed E-state index contributed by atoms with van der Waals surface area (Å²) in [6.07, 6.45) is 1.56. The quantitative estimate of drug-likeness (QED) is 0.433. The van der Waals surface area contributed by atoms with Crippen LogP contribution in [0.2, 0.25) is 0 Å². The zero-order valence-corrected chi connectivity index (χ0v) is 20.8. The summed E-state index contributed by atoms with van der Waals surface area (Å²) in [6.45, 7) is 2.30. The Kier molecular flexibility index (Phi) is 7.06. The first kappa shape index (κ1) is 24.4. The Morgan fingerprint density at radius 2 is 1.88 bits per heavy atom. The van der Waals surface area contributed by atoms with E-state index >= 15 is 0 Å². The highest BCUT2D eigenvalue weighted by atomic mass is 79.9. The van der Waals surface area contributed by atoms with E-state index in [2.05, 4.69) is 28.2 Å². The number of hydrogen-bond donors (Lipinski definition) is 1. The van der Waals surface area contributed by atoms with E-state index < -0.39 is 28.4 Å². The number of benzene rings is 2. The fourth-order valence-corrected chi connectivity index (χ4v) is 5.94. The Balaban J connectivity index is 1.45. The van der Waals surface area contributed by atoms with Gasteiger partial charge in [0.05, 0.1) is 16.1 Å². The summed E-state index contributed by atoms with van der Waals surface area (Å²) in [7, 11) is -3.77. The molecule has 2 aromatic carbocycles. The number of rotatable bonds is 6. The minimum Gasteiger partial charge on any atom is -0.482 e. The third-order valence-electron chi connectivity index (χ3n) is 5.76. The van der Waals surface area contributed by atoms with Gasteiger partial charge >= 0.3 is 5.97 Å². The topological polar surface area (TPSA) is 119 Å². The van der Waals surface area contributed by atoms with Crippen molar-refractivity contribution in [2.75, 3.05) is 31.6 Å². The molecular formula is C23H23BrN2O7S. The average Bonchev–Trinajstić information content (AvgIpc) is 2.81. The van der Waals surface area contributed by atoms with Gasteiger partial charge in [-0.25, -0.2) is 13.2 Å². The van der Waals surface area contributed by atoms with Gasteiger partial charge in [-0.2, -0.15) is 4.31 Å². The lowest BCUT2D eigenvalue weighted by molar-refractivity contribution is -0.118. The molecule has 0 atom stereocenters. The van der Waals surface area contributed by atoms with Gasteiger partial charge in [-0.3, -0.25) is 9.59 Å². The molecule has 1 saturated heterocycles. The molecule has 34 heavy (non-hydrogen) atoms. The third-order valence-corrected chi connectivity index (χ3v) is 8.09. The molecule has 1 amide bonds. The lowest BCUT2D eigenvalue weighted by Gasteiger charge is -2.29. The predicted molar refractivity (Wildman–Crippen MR) is 126 cm³/mol. The van der Waals surface area contributed by atoms with Gasteiger partial charge in [-0.15, -0.1) is 0 Å². The van der Waals surface area contributed by atoms with Gasteiger partial charge in [0.2, 0.25) is 10.0 Å². The Labute approximate surface area is 205 Å². The molecule has 0 aromatic heterocycles. The first-order valence-electron chi connectivity index (χ1n) is 10.7. The minimum atomic E-state index is -3.77. The van der Waals surface area contributed by atoms with Crippen molar-refractivity contribution < 1.29 is 32.3 Å². The molecule has 2 aliphatic rings. The predicted octanol–water partition coefficient (Wildman–Crippen LogP) is 3.24. The number of carbonyl (C=O) groups excluding carboxylic acids is 3. The van der Waals surface area contributed by atoms with Crippen LogP contribution in [0.25, 0.3) is 0 Å². The van der Waals surface area contributed by atoms with Crippen molar-refractivity contribution >= 4 is 49.3 Å². The highest BCUT2D eigenvalue weighted by Gasteiger charge is 2.29. The van der Waals surface area contributed by atoms with Crippen molar-refractivity contribution in [1.82, 2.24) is 4.31 Å². The molecule has 0 radical (unpaired) electrons. The first-order valence-corrected chi connectivity index (χ1v) is 12.9. The fourth-order valence-electron chi connectivity index (χ4n) is 3.76. The standard InChI is InChI=1S/C23H23BrN2O7S/c1-14-4-6-26(7-5-14)34(30,31)18-9-16(8-17(24)11-18)23(29)33-12-20(27)15-2-3-21-19(10-15)25-22(28)13-32-21/h2-3,8-11,14H,4-7,12-13H2,1H3,(H,25,28). The summed E-state index contributed by atoms with van der Waals surface area (Å²) in [5, 5.41) is 2.61. The van der Waals surface area contributed by atoms with E-state index in [1.54, 1.807) is 6.07 Å². The molecule has 0 bridgehead atoms. The lowest BCUT2D eigenvalue weighted by atomic mass is 10.0. The van der Waals surface area contributed by atoms with Crippen molar-refractivity contribution in [3.05, 3.63) is 52.0 Å². The largest absolute Gasteiger partial charge is 0.482 e. The SMILES string of the molecule is CC1CCN(S(=O)(=O)c2cc(Br)cc(C(=O)OCC(=O)c3ccc4c(c3)NC(=O)CO4)c2)CC1. The van der Waals surface area contributed by atoms with Crippen LogP contribution in [0.5, 0.6) is 5.75 Å². The van der Waals surface area contributed by atoms with Gasteiger partial charge in [0, 0.05) is 23.1 Å². The van der Waals surface area contributed by atoms with E-state index in [0.29, 0.717) is 34.9 Å². The second kappa shape index (κ2) is 9.85. The molecule has 1 fully saturated rings. The minimum absolute atomic E-state index is 0.0113. The Morgan fingerprint density at radius 1 is 1.15 bits per heavy atom. The van der Waals surface area contributed by atoms with Gasteiger partial charge in [0.25, 0.3) is 5.91 Å². The van der Waals surface area contributed by atoms with Gasteiger partial charge in [0.1, 0.15) is 5.75 Å². The van der Waals surface area contributed by atoms with Crippen molar-refractivity contribution in [3.63, 3.8) is 0 Å². The molecule has 180 valence electrons. The number of halogens is 1. The Hall–Kier alpha value is -2.76. The van der Waals surface area contributed by atoms with E-state index in [0.717, 1.165) is 12.8 Å². The number of esters is 1. The third kappa shape index (κ3) is 5.31. The van der Waals surface area contributed by atoms with Crippen molar-refractivity contribution in [1.29, 1.82) is 0 Å². The van der Waals surface area contributed by atoms with Crippen molar-refractivity contribution in [2.24, 2.45) is 5.92 Å². The summed E-state index contributed by atoms with van der Waals surface area (Å²) in [6, 6.07) is 8.66. The van der Waals surface area contributed by atoms with E-state index in [-0.39, 0.29) is 28.5 Å². The number of carbonyl (C=O) groups is 3. The van der Waals surface area contributed by atoms with Crippen LogP contribution in [0, 0.1) is 5.92 Å². The van der Waals surface area contributed by atoms with Gasteiger partial charge in [-0.1, -0.05) is 22.9 Å². The van der Waals surface area contributed by atoms with Crippen LogP contribution in [0.3, 0.4) is 0 Å². The number of nitrogens with one attached hydrogen (secondary N) is 1. The molecule has 2 aromatic rings.